The Balaban J connectivity index is 2.44. The molecule has 98 valence electrons. The first-order valence-corrected chi connectivity index (χ1v) is 6.36. The Morgan fingerprint density at radius 1 is 1.11 bits per heavy atom. The van der Waals surface area contributed by atoms with E-state index < -0.39 is 5.97 Å². The van der Waals surface area contributed by atoms with Crippen molar-refractivity contribution in [3.05, 3.63) is 51.1 Å². The summed E-state index contributed by atoms with van der Waals surface area (Å²) in [7, 11) is 1.28. The highest BCUT2D eigenvalue weighted by molar-refractivity contribution is 6.42. The highest BCUT2D eigenvalue weighted by Crippen LogP contribution is 2.28. The van der Waals surface area contributed by atoms with Crippen LogP contribution in [0.1, 0.15) is 10.4 Å². The Labute approximate surface area is 125 Å². The zero-order chi connectivity index (χ0) is 14.0. The molecule has 0 amide bonds. The van der Waals surface area contributed by atoms with Gasteiger partial charge in [0, 0.05) is 5.56 Å². The van der Waals surface area contributed by atoms with Gasteiger partial charge in [-0.15, -0.1) is 0 Å². The number of aromatic nitrogens is 1. The zero-order valence-corrected chi connectivity index (χ0v) is 12.1. The Bertz CT molecular complexity index is 644. The molecule has 0 aliphatic rings. The van der Waals surface area contributed by atoms with Crippen LogP contribution in [-0.2, 0) is 4.74 Å². The van der Waals surface area contributed by atoms with E-state index in [-0.39, 0.29) is 10.7 Å². The summed E-state index contributed by atoms with van der Waals surface area (Å²) >= 11 is 17.7. The van der Waals surface area contributed by atoms with Gasteiger partial charge in [-0.25, -0.2) is 9.78 Å². The second-order valence-electron chi connectivity index (χ2n) is 3.66. The maximum absolute atomic E-state index is 11.4. The first kappa shape index (κ1) is 14.1. The van der Waals surface area contributed by atoms with Gasteiger partial charge >= 0.3 is 5.97 Å². The summed E-state index contributed by atoms with van der Waals surface area (Å²) < 4.78 is 4.60. The zero-order valence-electron chi connectivity index (χ0n) is 9.78. The molecule has 2 rings (SSSR count). The van der Waals surface area contributed by atoms with E-state index in [1.165, 1.54) is 7.11 Å². The molecule has 0 aliphatic heterocycles. The first-order chi connectivity index (χ1) is 9.02. The van der Waals surface area contributed by atoms with Crippen molar-refractivity contribution >= 4 is 40.8 Å². The van der Waals surface area contributed by atoms with Gasteiger partial charge in [0.05, 0.1) is 28.4 Å². The van der Waals surface area contributed by atoms with Crippen molar-refractivity contribution < 1.29 is 9.53 Å². The SMILES string of the molecule is COC(=O)c1ccc(-c2ccc(Cl)c(Cl)c2)nc1Cl. The van der Waals surface area contributed by atoms with Gasteiger partial charge in [-0.3, -0.25) is 0 Å². The predicted molar refractivity (Wildman–Crippen MR) is 76.0 cm³/mol. The van der Waals surface area contributed by atoms with Crippen LogP contribution in [0.15, 0.2) is 30.3 Å². The monoisotopic (exact) mass is 315 g/mol. The van der Waals surface area contributed by atoms with Crippen LogP contribution in [-0.4, -0.2) is 18.1 Å². The van der Waals surface area contributed by atoms with Crippen LogP contribution in [0.2, 0.25) is 15.2 Å². The van der Waals surface area contributed by atoms with Gasteiger partial charge in [-0.1, -0.05) is 40.9 Å². The van der Waals surface area contributed by atoms with E-state index in [9.17, 15) is 4.79 Å². The number of carbonyl (C=O) groups excluding carboxylic acids is 1. The number of nitrogens with zero attached hydrogens (tertiary/aromatic N) is 1. The maximum atomic E-state index is 11.4. The number of benzene rings is 1. The smallest absolute Gasteiger partial charge is 0.341 e. The Kier molecular flexibility index (Phi) is 4.30. The lowest BCUT2D eigenvalue weighted by atomic mass is 10.1. The summed E-state index contributed by atoms with van der Waals surface area (Å²) in [5.74, 6) is -0.529. The molecule has 1 heterocycles. The van der Waals surface area contributed by atoms with E-state index in [1.807, 2.05) is 0 Å². The van der Waals surface area contributed by atoms with Crippen LogP contribution in [0.25, 0.3) is 11.3 Å². The fourth-order valence-corrected chi connectivity index (χ4v) is 2.04. The van der Waals surface area contributed by atoms with Gasteiger partial charge < -0.3 is 4.74 Å². The highest BCUT2D eigenvalue weighted by atomic mass is 35.5. The van der Waals surface area contributed by atoms with E-state index in [4.69, 9.17) is 34.8 Å². The minimum Gasteiger partial charge on any atom is -0.465 e. The molecule has 0 radical (unpaired) electrons. The molecular formula is C13H8Cl3NO2. The topological polar surface area (TPSA) is 39.2 Å². The molecule has 3 nitrogen and oxygen atoms in total. The predicted octanol–water partition coefficient (Wildman–Crippen LogP) is 4.50. The molecule has 0 aliphatic carbocycles. The molecular weight excluding hydrogens is 309 g/mol. The van der Waals surface area contributed by atoms with Crippen molar-refractivity contribution in [3.8, 4) is 11.3 Å². The quantitative estimate of drug-likeness (QED) is 0.605. The molecule has 0 fully saturated rings. The molecule has 0 unspecified atom stereocenters. The number of hydrogen-bond donors (Lipinski definition) is 0. The molecule has 0 saturated heterocycles. The largest absolute Gasteiger partial charge is 0.465 e. The van der Waals surface area contributed by atoms with Crippen LogP contribution in [0.5, 0.6) is 0 Å². The Morgan fingerprint density at radius 3 is 2.42 bits per heavy atom. The van der Waals surface area contributed by atoms with Crippen molar-refractivity contribution in [2.24, 2.45) is 0 Å². The van der Waals surface area contributed by atoms with E-state index in [0.29, 0.717) is 15.7 Å². The fraction of sp³-hybridized carbons (Fsp3) is 0.0769. The summed E-state index contributed by atoms with van der Waals surface area (Å²) in [6, 6.07) is 8.34. The fourth-order valence-electron chi connectivity index (χ4n) is 1.51. The summed E-state index contributed by atoms with van der Waals surface area (Å²) in [6.07, 6.45) is 0. The van der Waals surface area contributed by atoms with Crippen LogP contribution < -0.4 is 0 Å². The molecule has 2 aromatic rings. The maximum Gasteiger partial charge on any atom is 0.341 e. The molecule has 0 atom stereocenters. The summed E-state index contributed by atoms with van der Waals surface area (Å²) in [6.45, 7) is 0. The Hall–Kier alpha value is -1.29. The number of rotatable bonds is 2. The lowest BCUT2D eigenvalue weighted by Crippen LogP contribution is -2.03. The van der Waals surface area contributed by atoms with Gasteiger partial charge in [-0.2, -0.15) is 0 Å². The van der Waals surface area contributed by atoms with Crippen LogP contribution in [0, 0.1) is 0 Å². The normalized spacial score (nSPS) is 10.3. The van der Waals surface area contributed by atoms with E-state index in [1.54, 1.807) is 30.3 Å². The van der Waals surface area contributed by atoms with Crippen LogP contribution in [0.4, 0.5) is 0 Å². The molecule has 0 N–H and O–H groups in total. The molecule has 19 heavy (non-hydrogen) atoms. The molecule has 0 spiro atoms. The minimum atomic E-state index is -0.529. The van der Waals surface area contributed by atoms with Crippen LogP contribution in [0.3, 0.4) is 0 Å². The van der Waals surface area contributed by atoms with Gasteiger partial charge in [0.1, 0.15) is 5.15 Å². The number of methoxy groups -OCH3 is 1. The minimum absolute atomic E-state index is 0.0791. The Morgan fingerprint density at radius 2 is 1.84 bits per heavy atom. The van der Waals surface area contributed by atoms with E-state index in [0.717, 1.165) is 5.56 Å². The molecule has 1 aromatic carbocycles. The summed E-state index contributed by atoms with van der Waals surface area (Å²) in [5, 5.41) is 0.965. The van der Waals surface area contributed by atoms with Gasteiger partial charge in [0.15, 0.2) is 0 Å². The van der Waals surface area contributed by atoms with Gasteiger partial charge in [0.25, 0.3) is 0 Å². The summed E-state index contributed by atoms with van der Waals surface area (Å²) in [5.41, 5.74) is 1.57. The van der Waals surface area contributed by atoms with E-state index >= 15 is 0 Å². The first-order valence-electron chi connectivity index (χ1n) is 5.23. The summed E-state index contributed by atoms with van der Waals surface area (Å²) in [4.78, 5) is 15.5. The second-order valence-corrected chi connectivity index (χ2v) is 4.83. The molecule has 1 aromatic heterocycles. The third kappa shape index (κ3) is 3.00. The van der Waals surface area contributed by atoms with Crippen molar-refractivity contribution in [1.82, 2.24) is 4.98 Å². The average Bonchev–Trinajstić information content (AvgIpc) is 2.41. The third-order valence-corrected chi connectivity index (χ3v) is 3.50. The molecule has 6 heteroatoms. The number of hydrogen-bond acceptors (Lipinski definition) is 3. The average molecular weight is 317 g/mol. The lowest BCUT2D eigenvalue weighted by molar-refractivity contribution is 0.0600. The number of esters is 1. The number of ether oxygens (including phenoxy) is 1. The second kappa shape index (κ2) is 5.78. The van der Waals surface area contributed by atoms with Crippen molar-refractivity contribution in [3.63, 3.8) is 0 Å². The van der Waals surface area contributed by atoms with Crippen molar-refractivity contribution in [2.75, 3.05) is 7.11 Å². The molecule has 0 bridgehead atoms. The molecule has 0 saturated carbocycles. The van der Waals surface area contributed by atoms with Crippen molar-refractivity contribution in [1.29, 1.82) is 0 Å². The standard InChI is InChI=1S/C13H8Cl3NO2/c1-19-13(18)8-3-5-11(17-12(8)16)7-2-4-9(14)10(15)6-7/h2-6H,1H3. The number of carbonyl (C=O) groups is 1. The number of halogens is 3. The number of pyridine rings is 1. The van der Waals surface area contributed by atoms with Crippen LogP contribution >= 0.6 is 34.8 Å². The van der Waals surface area contributed by atoms with Crippen molar-refractivity contribution in [2.45, 2.75) is 0 Å². The lowest BCUT2D eigenvalue weighted by Gasteiger charge is -2.06. The van der Waals surface area contributed by atoms with E-state index in [2.05, 4.69) is 9.72 Å². The van der Waals surface area contributed by atoms with Gasteiger partial charge in [-0.05, 0) is 24.3 Å². The third-order valence-electron chi connectivity index (χ3n) is 2.47. The highest BCUT2D eigenvalue weighted by Gasteiger charge is 2.13. The van der Waals surface area contributed by atoms with Gasteiger partial charge in [0.2, 0.25) is 0 Å².